The Bertz CT molecular complexity index is 648. The number of benzene rings is 1. The highest BCUT2D eigenvalue weighted by Gasteiger charge is 2.16. The molecule has 1 aromatic rings. The van der Waals surface area contributed by atoms with E-state index in [-0.39, 0.29) is 29.6 Å². The lowest BCUT2D eigenvalue weighted by Crippen LogP contribution is -2.45. The first-order valence-electron chi connectivity index (χ1n) is 7.22. The van der Waals surface area contributed by atoms with E-state index in [0.717, 1.165) is 11.8 Å². The summed E-state index contributed by atoms with van der Waals surface area (Å²) in [6.45, 7) is 4.97. The average Bonchev–Trinajstić information content (AvgIpc) is 2.47. The summed E-state index contributed by atoms with van der Waals surface area (Å²) in [6.07, 6.45) is 1.13. The van der Waals surface area contributed by atoms with E-state index in [2.05, 4.69) is 20.3 Å². The number of rotatable bonds is 7. The van der Waals surface area contributed by atoms with Crippen molar-refractivity contribution in [3.8, 4) is 0 Å². The van der Waals surface area contributed by atoms with Crippen molar-refractivity contribution in [2.75, 3.05) is 31.7 Å². The molecule has 0 aliphatic carbocycles. The van der Waals surface area contributed by atoms with Crippen LogP contribution in [0.1, 0.15) is 19.4 Å². The lowest BCUT2D eigenvalue weighted by Gasteiger charge is -2.24. The van der Waals surface area contributed by atoms with Gasteiger partial charge in [-0.05, 0) is 25.5 Å². The molecule has 0 saturated carbocycles. The average molecular weight is 470 g/mol. The zero-order valence-corrected chi connectivity index (χ0v) is 17.9. The van der Waals surface area contributed by atoms with Gasteiger partial charge in [0.2, 0.25) is 10.0 Å². The number of aliphatic imine (C=N–C) groups is 1. The van der Waals surface area contributed by atoms with Crippen molar-refractivity contribution >= 4 is 45.6 Å². The van der Waals surface area contributed by atoms with Crippen LogP contribution in [0.4, 0.5) is 5.69 Å². The van der Waals surface area contributed by atoms with E-state index in [1.165, 1.54) is 0 Å². The third kappa shape index (κ3) is 8.69. The van der Waals surface area contributed by atoms with Gasteiger partial charge in [-0.2, -0.15) is 0 Å². The number of methoxy groups -OCH3 is 1. The van der Waals surface area contributed by atoms with Crippen molar-refractivity contribution in [1.29, 1.82) is 0 Å². The second-order valence-electron chi connectivity index (χ2n) is 5.77. The van der Waals surface area contributed by atoms with Crippen LogP contribution >= 0.6 is 24.0 Å². The molecular weight excluding hydrogens is 443 g/mol. The zero-order valence-electron chi connectivity index (χ0n) is 14.7. The number of nitrogens with one attached hydrogen (secondary N) is 3. The molecule has 3 N–H and O–H groups in total. The monoisotopic (exact) mass is 470 g/mol. The number of para-hydroxylation sites is 1. The summed E-state index contributed by atoms with van der Waals surface area (Å²) >= 11 is 0. The van der Waals surface area contributed by atoms with Gasteiger partial charge in [0, 0.05) is 27.2 Å². The fourth-order valence-electron chi connectivity index (χ4n) is 1.74. The van der Waals surface area contributed by atoms with Crippen LogP contribution in [0.25, 0.3) is 0 Å². The summed E-state index contributed by atoms with van der Waals surface area (Å²) in [5, 5.41) is 6.33. The summed E-state index contributed by atoms with van der Waals surface area (Å²) in [5.41, 5.74) is 1.06. The first kappa shape index (κ1) is 22.9. The minimum absolute atomic E-state index is 0. The van der Waals surface area contributed by atoms with Gasteiger partial charge in [-0.1, -0.05) is 18.2 Å². The number of anilines is 1. The summed E-state index contributed by atoms with van der Waals surface area (Å²) in [4.78, 5) is 4.14. The van der Waals surface area contributed by atoms with E-state index in [4.69, 9.17) is 4.74 Å². The molecule has 1 rings (SSSR count). The van der Waals surface area contributed by atoms with Crippen LogP contribution < -0.4 is 15.4 Å². The largest absolute Gasteiger partial charge is 0.377 e. The van der Waals surface area contributed by atoms with Crippen molar-refractivity contribution in [2.45, 2.75) is 26.0 Å². The highest BCUT2D eigenvalue weighted by atomic mass is 127. The van der Waals surface area contributed by atoms with Gasteiger partial charge in [0.25, 0.3) is 0 Å². The Morgan fingerprint density at radius 2 is 1.88 bits per heavy atom. The summed E-state index contributed by atoms with van der Waals surface area (Å²) < 4.78 is 30.7. The van der Waals surface area contributed by atoms with Gasteiger partial charge in [-0.25, -0.2) is 8.42 Å². The van der Waals surface area contributed by atoms with Gasteiger partial charge >= 0.3 is 0 Å². The van der Waals surface area contributed by atoms with Gasteiger partial charge in [0.05, 0.1) is 17.5 Å². The fourth-order valence-corrected chi connectivity index (χ4v) is 2.34. The Labute approximate surface area is 161 Å². The third-order valence-electron chi connectivity index (χ3n) is 3.22. The Morgan fingerprint density at radius 1 is 1.25 bits per heavy atom. The number of guanidine groups is 1. The molecule has 0 fully saturated rings. The van der Waals surface area contributed by atoms with Crippen molar-refractivity contribution in [3.05, 3.63) is 29.8 Å². The predicted molar refractivity (Wildman–Crippen MR) is 110 cm³/mol. The van der Waals surface area contributed by atoms with Gasteiger partial charge < -0.3 is 15.4 Å². The summed E-state index contributed by atoms with van der Waals surface area (Å²) in [5.74, 6) is 0.615. The molecule has 0 aliphatic rings. The number of hydrogen-bond donors (Lipinski definition) is 3. The molecule has 0 heterocycles. The van der Waals surface area contributed by atoms with E-state index in [9.17, 15) is 8.42 Å². The van der Waals surface area contributed by atoms with Crippen molar-refractivity contribution in [3.63, 3.8) is 0 Å². The molecule has 0 unspecified atom stereocenters. The minimum Gasteiger partial charge on any atom is -0.377 e. The normalized spacial score (nSPS) is 12.3. The van der Waals surface area contributed by atoms with Crippen LogP contribution in [0.5, 0.6) is 0 Å². The fraction of sp³-hybridized carbons (Fsp3) is 0.533. The molecule has 24 heavy (non-hydrogen) atoms. The van der Waals surface area contributed by atoms with Gasteiger partial charge in [-0.15, -0.1) is 24.0 Å². The minimum atomic E-state index is -3.32. The van der Waals surface area contributed by atoms with Crippen LogP contribution in [0.15, 0.2) is 29.3 Å². The van der Waals surface area contributed by atoms with Gasteiger partial charge in [-0.3, -0.25) is 9.71 Å². The molecular formula is C15H27IN4O3S. The Hall–Kier alpha value is -1.07. The molecule has 0 spiro atoms. The highest BCUT2D eigenvalue weighted by Crippen LogP contribution is 2.15. The van der Waals surface area contributed by atoms with Crippen LogP contribution in [0.2, 0.25) is 0 Å². The number of halogens is 1. The molecule has 0 amide bonds. The Morgan fingerprint density at radius 3 is 2.42 bits per heavy atom. The van der Waals surface area contributed by atoms with Gasteiger partial charge in [0.1, 0.15) is 0 Å². The molecule has 0 radical (unpaired) electrons. The summed E-state index contributed by atoms with van der Waals surface area (Å²) in [7, 11) is 0.0171. The smallest absolute Gasteiger partial charge is 0.229 e. The van der Waals surface area contributed by atoms with Crippen molar-refractivity contribution in [1.82, 2.24) is 10.6 Å². The third-order valence-corrected chi connectivity index (χ3v) is 3.81. The topological polar surface area (TPSA) is 91.8 Å². The number of ether oxygens (including phenoxy) is 1. The van der Waals surface area contributed by atoms with E-state index < -0.39 is 10.0 Å². The molecule has 0 atom stereocenters. The highest BCUT2D eigenvalue weighted by molar-refractivity contribution is 14.0. The number of nitrogens with zero attached hydrogens (tertiary/aromatic N) is 1. The second-order valence-corrected chi connectivity index (χ2v) is 7.52. The van der Waals surface area contributed by atoms with Crippen LogP contribution in [-0.2, 0) is 21.3 Å². The molecule has 0 aliphatic heterocycles. The molecule has 9 heteroatoms. The zero-order chi connectivity index (χ0) is 17.5. The SMILES string of the molecule is CN=C(NCc1ccccc1NS(C)(=O)=O)NCC(C)(C)OC.I. The molecule has 0 saturated heterocycles. The molecule has 138 valence electrons. The maximum Gasteiger partial charge on any atom is 0.229 e. The van der Waals surface area contributed by atoms with Crippen molar-refractivity contribution in [2.24, 2.45) is 4.99 Å². The molecule has 0 bridgehead atoms. The lowest BCUT2D eigenvalue weighted by atomic mass is 10.1. The van der Waals surface area contributed by atoms with Crippen LogP contribution in [0.3, 0.4) is 0 Å². The van der Waals surface area contributed by atoms with Crippen molar-refractivity contribution < 1.29 is 13.2 Å². The maximum atomic E-state index is 11.4. The second kappa shape index (κ2) is 10.0. The molecule has 7 nitrogen and oxygen atoms in total. The Kier molecular flexibility index (Phi) is 9.59. The van der Waals surface area contributed by atoms with Crippen LogP contribution in [-0.4, -0.2) is 46.9 Å². The van der Waals surface area contributed by atoms with Crippen LogP contribution in [0, 0.1) is 0 Å². The first-order chi connectivity index (χ1) is 10.7. The predicted octanol–water partition coefficient (Wildman–Crippen LogP) is 1.77. The van der Waals surface area contributed by atoms with E-state index >= 15 is 0 Å². The maximum absolute atomic E-state index is 11.4. The van der Waals surface area contributed by atoms with E-state index in [0.29, 0.717) is 24.7 Å². The first-order valence-corrected chi connectivity index (χ1v) is 9.11. The molecule has 0 aromatic heterocycles. The number of sulfonamides is 1. The van der Waals surface area contributed by atoms with Gasteiger partial charge in [0.15, 0.2) is 5.96 Å². The molecule has 1 aromatic carbocycles. The van der Waals surface area contributed by atoms with E-state index in [1.807, 2.05) is 26.0 Å². The Balaban J connectivity index is 0.00000529. The summed E-state index contributed by atoms with van der Waals surface area (Å²) in [6, 6.07) is 7.22. The van der Waals surface area contributed by atoms with E-state index in [1.54, 1.807) is 26.3 Å². The lowest BCUT2D eigenvalue weighted by molar-refractivity contribution is 0.0268. The quantitative estimate of drug-likeness (QED) is 0.321. The standard InChI is InChI=1S/C15H26N4O3S.HI/c1-15(2,22-4)11-18-14(16-3)17-10-12-8-6-7-9-13(12)19-23(5,20)21;/h6-9,19H,10-11H2,1-5H3,(H2,16,17,18);1H. The number of hydrogen-bond acceptors (Lipinski definition) is 4.